The summed E-state index contributed by atoms with van der Waals surface area (Å²) in [7, 11) is 0. The summed E-state index contributed by atoms with van der Waals surface area (Å²) in [6.45, 7) is -0.109. The number of hydrogen-bond donors (Lipinski definition) is 2. The maximum Gasteiger partial charge on any atom is 0.254 e. The number of ether oxygens (including phenoxy) is 2. The van der Waals surface area contributed by atoms with Gasteiger partial charge in [0, 0.05) is 11.6 Å². The van der Waals surface area contributed by atoms with Crippen LogP contribution in [0.1, 0.15) is 10.4 Å². The van der Waals surface area contributed by atoms with Gasteiger partial charge in [-0.05, 0) is 30.3 Å². The average molecular weight is 392 g/mol. The normalized spacial score (nSPS) is 11.9. The van der Waals surface area contributed by atoms with Crippen LogP contribution < -0.4 is 26.1 Å². The molecule has 1 aliphatic heterocycles. The van der Waals surface area contributed by atoms with E-state index >= 15 is 0 Å². The number of hydrogen-bond acceptors (Lipinski definition) is 6. The highest BCUT2D eigenvalue weighted by Crippen LogP contribution is 2.35. The van der Waals surface area contributed by atoms with Crippen molar-refractivity contribution < 1.29 is 19.1 Å². The van der Waals surface area contributed by atoms with Crippen molar-refractivity contribution in [1.82, 2.24) is 9.55 Å². The maximum absolute atomic E-state index is 12.4. The molecule has 0 atom stereocenters. The highest BCUT2D eigenvalue weighted by molar-refractivity contribution is 6.02. The summed E-state index contributed by atoms with van der Waals surface area (Å²) in [5, 5.41) is 2.58. The van der Waals surface area contributed by atoms with Crippen molar-refractivity contribution in [3.05, 3.63) is 70.8 Å². The van der Waals surface area contributed by atoms with Gasteiger partial charge in [0.05, 0.1) is 23.3 Å². The largest absolute Gasteiger partial charge is 0.454 e. The number of carbonyl (C=O) groups excluding carboxylic acids is 2. The van der Waals surface area contributed by atoms with Gasteiger partial charge < -0.3 is 20.5 Å². The molecular formula is C20H16N4O5. The zero-order chi connectivity index (χ0) is 20.4. The quantitative estimate of drug-likeness (QED) is 0.676. The van der Waals surface area contributed by atoms with E-state index < -0.39 is 17.4 Å². The van der Waals surface area contributed by atoms with Gasteiger partial charge in [0.25, 0.3) is 11.5 Å². The Morgan fingerprint density at radius 3 is 2.69 bits per heavy atom. The molecule has 0 aliphatic carbocycles. The third kappa shape index (κ3) is 3.79. The summed E-state index contributed by atoms with van der Waals surface area (Å²) in [4.78, 5) is 40.4. The lowest BCUT2D eigenvalue weighted by molar-refractivity contribution is -0.116. The zero-order valence-electron chi connectivity index (χ0n) is 15.1. The Labute approximate surface area is 164 Å². The third-order valence-electron chi connectivity index (χ3n) is 4.33. The van der Waals surface area contributed by atoms with E-state index in [9.17, 15) is 14.4 Å². The molecule has 3 aromatic rings. The second kappa shape index (κ2) is 7.47. The van der Waals surface area contributed by atoms with Gasteiger partial charge in [0.1, 0.15) is 6.54 Å². The van der Waals surface area contributed by atoms with Crippen LogP contribution in [-0.2, 0) is 11.3 Å². The van der Waals surface area contributed by atoms with Gasteiger partial charge in [0.2, 0.25) is 12.7 Å². The van der Waals surface area contributed by atoms with Gasteiger partial charge in [-0.15, -0.1) is 0 Å². The minimum Gasteiger partial charge on any atom is -0.454 e. The summed E-state index contributed by atoms with van der Waals surface area (Å²) in [5.74, 6) is 0.0715. The van der Waals surface area contributed by atoms with Gasteiger partial charge in [0.15, 0.2) is 11.5 Å². The van der Waals surface area contributed by atoms with E-state index in [0.717, 1.165) is 0 Å². The Kier molecular flexibility index (Phi) is 4.70. The fourth-order valence-corrected chi connectivity index (χ4v) is 2.91. The number of anilines is 1. The molecule has 0 saturated heterocycles. The molecule has 1 aromatic heterocycles. The number of fused-ring (bicyclic) bond motifs is 1. The number of primary amides is 1. The third-order valence-corrected chi connectivity index (χ3v) is 4.33. The van der Waals surface area contributed by atoms with Crippen LogP contribution >= 0.6 is 0 Å². The fraction of sp³-hybridized carbons (Fsp3) is 0.100. The van der Waals surface area contributed by atoms with Gasteiger partial charge in [-0.25, -0.2) is 4.98 Å². The zero-order valence-corrected chi connectivity index (χ0v) is 15.1. The van der Waals surface area contributed by atoms with Crippen molar-refractivity contribution in [2.24, 2.45) is 5.73 Å². The van der Waals surface area contributed by atoms with Gasteiger partial charge in [-0.1, -0.05) is 12.1 Å². The average Bonchev–Trinajstić information content (AvgIpc) is 3.17. The Morgan fingerprint density at radius 2 is 1.90 bits per heavy atom. The molecule has 146 valence electrons. The predicted octanol–water partition coefficient (Wildman–Crippen LogP) is 1.38. The van der Waals surface area contributed by atoms with Crippen LogP contribution in [0.2, 0.25) is 0 Å². The van der Waals surface area contributed by atoms with E-state index in [-0.39, 0.29) is 24.6 Å². The van der Waals surface area contributed by atoms with Crippen LogP contribution in [0.15, 0.2) is 59.7 Å². The summed E-state index contributed by atoms with van der Waals surface area (Å²) in [6, 6.07) is 13.0. The lowest BCUT2D eigenvalue weighted by Gasteiger charge is -2.10. The standard InChI is InChI=1S/C20H16N4O5/c21-20(27)13-3-1-2-4-14(13)23-18(25)9-24-10-22-15(8-19(24)26)12-5-6-16-17(7-12)29-11-28-16/h1-8,10H,9,11H2,(H2,21,27)(H,23,25). The first kappa shape index (κ1) is 18.2. The molecule has 0 unspecified atom stereocenters. The number of nitrogens with one attached hydrogen (secondary N) is 1. The van der Waals surface area contributed by atoms with Crippen molar-refractivity contribution in [2.45, 2.75) is 6.54 Å². The molecule has 2 aromatic carbocycles. The summed E-state index contributed by atoms with van der Waals surface area (Å²) < 4.78 is 11.8. The molecule has 4 rings (SSSR count). The molecule has 0 radical (unpaired) electrons. The number of carbonyl (C=O) groups is 2. The van der Waals surface area contributed by atoms with Crippen LogP contribution in [0.5, 0.6) is 11.5 Å². The number of para-hydroxylation sites is 1. The van der Waals surface area contributed by atoms with Crippen molar-refractivity contribution in [2.75, 3.05) is 12.1 Å². The molecule has 3 N–H and O–H groups in total. The Balaban J connectivity index is 1.51. The summed E-state index contributed by atoms with van der Waals surface area (Å²) in [6.07, 6.45) is 1.29. The summed E-state index contributed by atoms with van der Waals surface area (Å²) in [5.41, 5.74) is 6.51. The Morgan fingerprint density at radius 1 is 1.10 bits per heavy atom. The molecule has 0 saturated carbocycles. The van der Waals surface area contributed by atoms with Crippen LogP contribution in [0.3, 0.4) is 0 Å². The lowest BCUT2D eigenvalue weighted by atomic mass is 10.1. The van der Waals surface area contributed by atoms with Crippen molar-refractivity contribution in [1.29, 1.82) is 0 Å². The molecule has 9 heteroatoms. The van der Waals surface area contributed by atoms with E-state index in [1.807, 2.05) is 0 Å². The fourth-order valence-electron chi connectivity index (χ4n) is 2.91. The molecule has 29 heavy (non-hydrogen) atoms. The Hall–Kier alpha value is -4.14. The monoisotopic (exact) mass is 392 g/mol. The molecule has 2 heterocycles. The van der Waals surface area contributed by atoms with Crippen LogP contribution in [0, 0.1) is 0 Å². The summed E-state index contributed by atoms with van der Waals surface area (Å²) >= 11 is 0. The van der Waals surface area contributed by atoms with Crippen LogP contribution in [-0.4, -0.2) is 28.2 Å². The Bertz CT molecular complexity index is 1170. The van der Waals surface area contributed by atoms with E-state index in [4.69, 9.17) is 15.2 Å². The highest BCUT2D eigenvalue weighted by Gasteiger charge is 2.15. The van der Waals surface area contributed by atoms with Crippen molar-refractivity contribution in [3.8, 4) is 22.8 Å². The van der Waals surface area contributed by atoms with Gasteiger partial charge >= 0.3 is 0 Å². The van der Waals surface area contributed by atoms with E-state index in [2.05, 4.69) is 10.3 Å². The molecule has 0 bridgehead atoms. The SMILES string of the molecule is NC(=O)c1ccccc1NC(=O)Cn1cnc(-c2ccc3c(c2)OCO3)cc1=O. The molecule has 0 spiro atoms. The van der Waals surface area contributed by atoms with E-state index in [0.29, 0.717) is 22.8 Å². The van der Waals surface area contributed by atoms with Gasteiger partial charge in [-0.3, -0.25) is 19.0 Å². The molecule has 2 amide bonds. The number of aromatic nitrogens is 2. The van der Waals surface area contributed by atoms with Crippen molar-refractivity contribution >= 4 is 17.5 Å². The smallest absolute Gasteiger partial charge is 0.254 e. The minimum absolute atomic E-state index is 0.155. The number of nitrogens with two attached hydrogens (primary N) is 1. The first-order valence-electron chi connectivity index (χ1n) is 8.66. The first-order valence-corrected chi connectivity index (χ1v) is 8.66. The second-order valence-corrected chi connectivity index (χ2v) is 6.27. The van der Waals surface area contributed by atoms with Gasteiger partial charge in [-0.2, -0.15) is 0 Å². The first-order chi connectivity index (χ1) is 14.0. The lowest BCUT2D eigenvalue weighted by Crippen LogP contribution is -2.28. The highest BCUT2D eigenvalue weighted by atomic mass is 16.7. The molecule has 0 fully saturated rings. The van der Waals surface area contributed by atoms with Crippen molar-refractivity contribution in [3.63, 3.8) is 0 Å². The molecule has 9 nitrogen and oxygen atoms in total. The second-order valence-electron chi connectivity index (χ2n) is 6.27. The predicted molar refractivity (Wildman–Crippen MR) is 104 cm³/mol. The maximum atomic E-state index is 12.4. The molecular weight excluding hydrogens is 376 g/mol. The minimum atomic E-state index is -0.659. The molecule has 1 aliphatic rings. The number of amides is 2. The number of benzene rings is 2. The van der Waals surface area contributed by atoms with Crippen LogP contribution in [0.4, 0.5) is 5.69 Å². The number of nitrogens with zero attached hydrogens (tertiary/aromatic N) is 2. The van der Waals surface area contributed by atoms with E-state index in [1.54, 1.807) is 36.4 Å². The van der Waals surface area contributed by atoms with E-state index in [1.165, 1.54) is 23.0 Å². The number of rotatable bonds is 5. The van der Waals surface area contributed by atoms with Crippen LogP contribution in [0.25, 0.3) is 11.3 Å². The topological polar surface area (TPSA) is 126 Å².